The third kappa shape index (κ3) is 4.08. The van der Waals surface area contributed by atoms with Crippen molar-refractivity contribution < 1.29 is 14.2 Å². The van der Waals surface area contributed by atoms with E-state index in [0.29, 0.717) is 6.61 Å². The molecule has 1 saturated heterocycles. The number of epoxide rings is 1. The molecule has 3 rings (SSSR count). The first kappa shape index (κ1) is 16.8. The Morgan fingerprint density at radius 2 is 1.54 bits per heavy atom. The van der Waals surface area contributed by atoms with Crippen LogP contribution in [0.5, 0.6) is 11.5 Å². The van der Waals surface area contributed by atoms with Gasteiger partial charge in [0, 0.05) is 5.41 Å². The summed E-state index contributed by atoms with van der Waals surface area (Å²) in [5.41, 5.74) is 8.01. The highest BCUT2D eigenvalue weighted by Gasteiger charge is 2.24. The summed E-state index contributed by atoms with van der Waals surface area (Å²) in [4.78, 5) is 0. The summed E-state index contributed by atoms with van der Waals surface area (Å²) in [7, 11) is 0. The number of nitrogens with two attached hydrogens (primary N) is 1. The third-order valence-corrected chi connectivity index (χ3v) is 4.31. The van der Waals surface area contributed by atoms with Crippen molar-refractivity contribution in [3.63, 3.8) is 0 Å². The standard InChI is InChI=1S/C20H25NO3/c1-14(21)24-18-10-6-16(7-11-18)20(2,3)15-4-8-17(9-5-15)22-12-19-13-23-19/h4-11,14,19H,12-13,21H2,1-3H3. The molecule has 0 amide bonds. The number of hydrogen-bond donors (Lipinski definition) is 1. The van der Waals surface area contributed by atoms with Crippen molar-refractivity contribution in [1.29, 1.82) is 0 Å². The Balaban J connectivity index is 1.71. The predicted octanol–water partition coefficient (Wildman–Crippen LogP) is 3.47. The maximum atomic E-state index is 5.70. The van der Waals surface area contributed by atoms with Crippen molar-refractivity contribution in [2.45, 2.75) is 38.5 Å². The number of ether oxygens (including phenoxy) is 3. The van der Waals surface area contributed by atoms with Gasteiger partial charge >= 0.3 is 0 Å². The second-order valence-corrected chi connectivity index (χ2v) is 6.76. The van der Waals surface area contributed by atoms with Gasteiger partial charge in [-0.25, -0.2) is 0 Å². The molecule has 4 heteroatoms. The van der Waals surface area contributed by atoms with E-state index >= 15 is 0 Å². The van der Waals surface area contributed by atoms with Crippen LogP contribution in [0.4, 0.5) is 0 Å². The molecule has 4 nitrogen and oxygen atoms in total. The molecule has 2 aromatic rings. The Hall–Kier alpha value is -2.04. The van der Waals surface area contributed by atoms with E-state index in [9.17, 15) is 0 Å². The molecule has 2 atom stereocenters. The van der Waals surface area contributed by atoms with E-state index in [1.54, 1.807) is 0 Å². The SMILES string of the molecule is CC(N)Oc1ccc(C(C)(C)c2ccc(OCC3CO3)cc2)cc1. The van der Waals surface area contributed by atoms with Crippen molar-refractivity contribution >= 4 is 0 Å². The number of hydrogen-bond acceptors (Lipinski definition) is 4. The van der Waals surface area contributed by atoms with Crippen LogP contribution in [0.15, 0.2) is 48.5 Å². The van der Waals surface area contributed by atoms with Gasteiger partial charge in [0.25, 0.3) is 0 Å². The average Bonchev–Trinajstić information content (AvgIpc) is 3.38. The minimum absolute atomic E-state index is 0.106. The van der Waals surface area contributed by atoms with Gasteiger partial charge in [0.05, 0.1) is 6.61 Å². The van der Waals surface area contributed by atoms with Crippen molar-refractivity contribution in [2.75, 3.05) is 13.2 Å². The molecule has 0 radical (unpaired) electrons. The summed E-state index contributed by atoms with van der Waals surface area (Å²) in [5, 5.41) is 0. The van der Waals surface area contributed by atoms with Gasteiger partial charge < -0.3 is 14.2 Å². The Bertz CT molecular complexity index is 658. The Labute approximate surface area is 143 Å². The fourth-order valence-corrected chi connectivity index (χ4v) is 2.65. The van der Waals surface area contributed by atoms with Crippen LogP contribution < -0.4 is 15.2 Å². The van der Waals surface area contributed by atoms with Crippen LogP contribution in [0.1, 0.15) is 31.9 Å². The van der Waals surface area contributed by atoms with E-state index in [1.807, 2.05) is 31.2 Å². The molecule has 128 valence electrons. The second kappa shape index (κ2) is 6.83. The zero-order valence-electron chi connectivity index (χ0n) is 14.5. The Morgan fingerprint density at radius 3 is 2.00 bits per heavy atom. The van der Waals surface area contributed by atoms with E-state index in [2.05, 4.69) is 38.1 Å². The molecule has 1 aliphatic heterocycles. The molecular formula is C20H25NO3. The number of benzene rings is 2. The van der Waals surface area contributed by atoms with Gasteiger partial charge in [-0.05, 0) is 42.3 Å². The van der Waals surface area contributed by atoms with Crippen molar-refractivity contribution in [1.82, 2.24) is 0 Å². The van der Waals surface area contributed by atoms with Gasteiger partial charge in [0.1, 0.15) is 30.4 Å². The zero-order chi connectivity index (χ0) is 17.2. The molecule has 1 aliphatic rings. The summed E-state index contributed by atoms with van der Waals surface area (Å²) in [5.74, 6) is 1.67. The van der Waals surface area contributed by atoms with Crippen LogP contribution in [0.2, 0.25) is 0 Å². The highest BCUT2D eigenvalue weighted by Crippen LogP contribution is 2.33. The van der Waals surface area contributed by atoms with Gasteiger partial charge in [-0.2, -0.15) is 0 Å². The van der Waals surface area contributed by atoms with Gasteiger partial charge in [0.15, 0.2) is 0 Å². The number of rotatable bonds is 7. The Morgan fingerprint density at radius 1 is 1.04 bits per heavy atom. The summed E-state index contributed by atoms with van der Waals surface area (Å²) >= 11 is 0. The fraction of sp³-hybridized carbons (Fsp3) is 0.400. The summed E-state index contributed by atoms with van der Waals surface area (Å²) in [6.07, 6.45) is -0.0319. The first-order valence-electron chi connectivity index (χ1n) is 8.33. The summed E-state index contributed by atoms with van der Waals surface area (Å²) < 4.78 is 16.4. The molecule has 1 fully saturated rings. The normalized spacial score (nSPS) is 18.1. The van der Waals surface area contributed by atoms with E-state index in [4.69, 9.17) is 19.9 Å². The van der Waals surface area contributed by atoms with Crippen LogP contribution in [0, 0.1) is 0 Å². The third-order valence-electron chi connectivity index (χ3n) is 4.31. The Kier molecular flexibility index (Phi) is 4.78. The van der Waals surface area contributed by atoms with Crippen molar-refractivity contribution in [3.8, 4) is 11.5 Å². The lowest BCUT2D eigenvalue weighted by molar-refractivity contribution is 0.230. The van der Waals surface area contributed by atoms with Gasteiger partial charge in [-0.3, -0.25) is 5.73 Å². The van der Waals surface area contributed by atoms with Crippen LogP contribution in [0.3, 0.4) is 0 Å². The monoisotopic (exact) mass is 327 g/mol. The van der Waals surface area contributed by atoms with E-state index < -0.39 is 0 Å². The largest absolute Gasteiger partial charge is 0.491 e. The fourth-order valence-electron chi connectivity index (χ4n) is 2.65. The van der Waals surface area contributed by atoms with Crippen LogP contribution in [-0.2, 0) is 10.2 Å². The molecule has 2 aromatic carbocycles. The summed E-state index contributed by atoms with van der Waals surface area (Å²) in [6, 6.07) is 16.4. The molecule has 2 unspecified atom stereocenters. The highest BCUT2D eigenvalue weighted by molar-refractivity contribution is 5.41. The lowest BCUT2D eigenvalue weighted by Gasteiger charge is -2.26. The van der Waals surface area contributed by atoms with Crippen LogP contribution in [-0.4, -0.2) is 25.5 Å². The van der Waals surface area contributed by atoms with Crippen molar-refractivity contribution in [3.05, 3.63) is 59.7 Å². The van der Waals surface area contributed by atoms with Crippen LogP contribution >= 0.6 is 0 Å². The molecule has 24 heavy (non-hydrogen) atoms. The highest BCUT2D eigenvalue weighted by atomic mass is 16.6. The molecule has 0 aliphatic carbocycles. The van der Waals surface area contributed by atoms with Gasteiger partial charge in [-0.15, -0.1) is 0 Å². The van der Waals surface area contributed by atoms with E-state index in [1.165, 1.54) is 11.1 Å². The molecule has 0 saturated carbocycles. The first-order chi connectivity index (χ1) is 11.4. The lowest BCUT2D eigenvalue weighted by atomic mass is 9.78. The van der Waals surface area contributed by atoms with Gasteiger partial charge in [-0.1, -0.05) is 38.1 Å². The lowest BCUT2D eigenvalue weighted by Crippen LogP contribution is -2.22. The first-order valence-corrected chi connectivity index (χ1v) is 8.33. The molecule has 2 N–H and O–H groups in total. The molecular weight excluding hydrogens is 302 g/mol. The predicted molar refractivity (Wildman–Crippen MR) is 94.5 cm³/mol. The van der Waals surface area contributed by atoms with Crippen LogP contribution in [0.25, 0.3) is 0 Å². The topological polar surface area (TPSA) is 57.0 Å². The molecule has 0 spiro atoms. The maximum absolute atomic E-state index is 5.70. The van der Waals surface area contributed by atoms with E-state index in [-0.39, 0.29) is 17.7 Å². The van der Waals surface area contributed by atoms with Gasteiger partial charge in [0.2, 0.25) is 0 Å². The summed E-state index contributed by atoms with van der Waals surface area (Å²) in [6.45, 7) is 7.68. The molecule has 1 heterocycles. The minimum atomic E-state index is -0.308. The smallest absolute Gasteiger partial charge is 0.144 e. The minimum Gasteiger partial charge on any atom is -0.491 e. The van der Waals surface area contributed by atoms with E-state index in [0.717, 1.165) is 18.1 Å². The molecule has 0 aromatic heterocycles. The molecule has 0 bridgehead atoms. The second-order valence-electron chi connectivity index (χ2n) is 6.76. The average molecular weight is 327 g/mol. The maximum Gasteiger partial charge on any atom is 0.144 e. The zero-order valence-corrected chi connectivity index (χ0v) is 14.5. The van der Waals surface area contributed by atoms with Crippen molar-refractivity contribution in [2.24, 2.45) is 5.73 Å². The quantitative estimate of drug-likeness (QED) is 0.625.